The van der Waals surface area contributed by atoms with Crippen LogP contribution in [0.4, 0.5) is 0 Å². The first kappa shape index (κ1) is 16.1. The summed E-state index contributed by atoms with van der Waals surface area (Å²) in [4.78, 5) is 22.6. The highest BCUT2D eigenvalue weighted by Gasteiger charge is 2.14. The lowest BCUT2D eigenvalue weighted by molar-refractivity contribution is -0.117. The molecule has 1 rings (SSSR count). The highest BCUT2D eigenvalue weighted by molar-refractivity contribution is 7.80. The molecule has 0 saturated carbocycles. The molecule has 0 heterocycles. The van der Waals surface area contributed by atoms with Crippen molar-refractivity contribution < 1.29 is 9.59 Å². The van der Waals surface area contributed by atoms with Gasteiger partial charge in [0.05, 0.1) is 0 Å². The van der Waals surface area contributed by atoms with Gasteiger partial charge in [0, 0.05) is 12.5 Å². The quantitative estimate of drug-likeness (QED) is 0.544. The van der Waals surface area contributed by atoms with Crippen LogP contribution in [0, 0.1) is 0 Å². The predicted octanol–water partition coefficient (Wildman–Crippen LogP) is 1.64. The van der Waals surface area contributed by atoms with Gasteiger partial charge in [0.2, 0.25) is 5.91 Å². The predicted molar refractivity (Wildman–Crippen MR) is 82.2 cm³/mol. The molecule has 0 aliphatic carbocycles. The molecule has 0 unspecified atom stereocenters. The van der Waals surface area contributed by atoms with Crippen molar-refractivity contribution in [2.24, 2.45) is 0 Å². The highest BCUT2D eigenvalue weighted by Crippen LogP contribution is 2.21. The molecule has 0 aliphatic rings. The summed E-state index contributed by atoms with van der Waals surface area (Å²) in [6, 6.07) is 7.33. The van der Waals surface area contributed by atoms with Gasteiger partial charge in [-0.15, -0.1) is 0 Å². The number of carbonyl (C=O) groups excluding carboxylic acids is 2. The van der Waals surface area contributed by atoms with Crippen LogP contribution >= 0.6 is 12.2 Å². The van der Waals surface area contributed by atoms with E-state index in [1.54, 1.807) is 12.1 Å². The fourth-order valence-electron chi connectivity index (χ4n) is 1.50. The second-order valence-corrected chi connectivity index (χ2v) is 5.83. The van der Waals surface area contributed by atoms with E-state index in [1.165, 1.54) is 6.92 Å². The lowest BCUT2D eigenvalue weighted by Gasteiger charge is -2.19. The number of hydrogen-bond acceptors (Lipinski definition) is 3. The fourth-order valence-corrected chi connectivity index (χ4v) is 1.69. The summed E-state index contributed by atoms with van der Waals surface area (Å²) in [5.41, 5.74) is 6.58. The van der Waals surface area contributed by atoms with E-state index in [-0.39, 0.29) is 22.3 Å². The van der Waals surface area contributed by atoms with E-state index < -0.39 is 0 Å². The van der Waals surface area contributed by atoms with Gasteiger partial charge in [-0.1, -0.05) is 32.9 Å². The highest BCUT2D eigenvalue weighted by atomic mass is 32.1. The third-order valence-corrected chi connectivity index (χ3v) is 2.80. The first-order valence-corrected chi connectivity index (χ1v) is 6.59. The number of nitrogens with one attached hydrogen (secondary N) is 3. The lowest BCUT2D eigenvalue weighted by atomic mass is 9.87. The number of carbonyl (C=O) groups is 2. The zero-order chi connectivity index (χ0) is 15.3. The van der Waals surface area contributed by atoms with Gasteiger partial charge in [0.25, 0.3) is 5.91 Å². The molecule has 6 heteroatoms. The molecule has 0 bridgehead atoms. The summed E-state index contributed by atoms with van der Waals surface area (Å²) in [5.74, 6) is -0.621. The maximum Gasteiger partial charge on any atom is 0.269 e. The number of hydrogen-bond donors (Lipinski definition) is 3. The topological polar surface area (TPSA) is 70.2 Å². The standard InChI is InChI=1S/C14H19N3O2S/c1-9(18)15-13(20)17-16-12(19)10-5-7-11(8-6-10)14(2,3)4/h5-8H,1-4H3,(H,16,19)(H2,15,17,18,20). The lowest BCUT2D eigenvalue weighted by Crippen LogP contribution is -2.47. The average molecular weight is 293 g/mol. The minimum Gasteiger partial charge on any atom is -0.302 e. The van der Waals surface area contributed by atoms with Crippen LogP contribution in [0.5, 0.6) is 0 Å². The number of thiocarbonyl (C=S) groups is 1. The van der Waals surface area contributed by atoms with Gasteiger partial charge in [-0.2, -0.15) is 0 Å². The molecule has 1 aromatic carbocycles. The number of benzene rings is 1. The smallest absolute Gasteiger partial charge is 0.269 e. The van der Waals surface area contributed by atoms with E-state index in [9.17, 15) is 9.59 Å². The van der Waals surface area contributed by atoms with Crippen molar-refractivity contribution in [1.29, 1.82) is 0 Å². The Kier molecular flexibility index (Phi) is 5.21. The molecular weight excluding hydrogens is 274 g/mol. The summed E-state index contributed by atoms with van der Waals surface area (Å²) >= 11 is 4.81. The van der Waals surface area contributed by atoms with Gasteiger partial charge in [0.15, 0.2) is 5.11 Å². The molecule has 2 amide bonds. The third kappa shape index (κ3) is 4.97. The van der Waals surface area contributed by atoms with Crippen molar-refractivity contribution in [2.45, 2.75) is 33.1 Å². The van der Waals surface area contributed by atoms with Crippen LogP contribution in [0.15, 0.2) is 24.3 Å². The molecule has 108 valence electrons. The molecule has 0 spiro atoms. The van der Waals surface area contributed by atoms with Crippen LogP contribution < -0.4 is 16.2 Å². The normalized spacial score (nSPS) is 10.6. The molecular formula is C14H19N3O2S. The molecule has 0 aliphatic heterocycles. The van der Waals surface area contributed by atoms with Gasteiger partial charge in [-0.3, -0.25) is 20.4 Å². The summed E-state index contributed by atoms with van der Waals surface area (Å²) in [7, 11) is 0. The molecule has 0 saturated heterocycles. The van der Waals surface area contributed by atoms with Crippen molar-refractivity contribution >= 4 is 29.1 Å². The van der Waals surface area contributed by atoms with Crippen LogP contribution in [-0.4, -0.2) is 16.9 Å². The van der Waals surface area contributed by atoms with Crippen molar-refractivity contribution in [3.8, 4) is 0 Å². The summed E-state index contributed by atoms with van der Waals surface area (Å²) in [6.45, 7) is 7.65. The van der Waals surface area contributed by atoms with Gasteiger partial charge in [-0.05, 0) is 35.3 Å². The molecule has 5 nitrogen and oxygen atoms in total. The van der Waals surface area contributed by atoms with Crippen LogP contribution in [0.3, 0.4) is 0 Å². The average Bonchev–Trinajstić information content (AvgIpc) is 2.34. The maximum atomic E-state index is 11.8. The van der Waals surface area contributed by atoms with Gasteiger partial charge < -0.3 is 5.32 Å². The van der Waals surface area contributed by atoms with E-state index in [1.807, 2.05) is 12.1 Å². The summed E-state index contributed by atoms with van der Waals surface area (Å²) in [5, 5.41) is 2.40. The van der Waals surface area contributed by atoms with E-state index in [2.05, 4.69) is 36.9 Å². The second-order valence-electron chi connectivity index (χ2n) is 5.42. The molecule has 0 atom stereocenters. The Morgan fingerprint density at radius 3 is 2.05 bits per heavy atom. The number of amides is 2. The molecule has 0 radical (unpaired) electrons. The molecule has 3 N–H and O–H groups in total. The number of rotatable bonds is 1. The summed E-state index contributed by atoms with van der Waals surface area (Å²) < 4.78 is 0. The van der Waals surface area contributed by atoms with Crippen molar-refractivity contribution in [3.63, 3.8) is 0 Å². The van der Waals surface area contributed by atoms with E-state index in [0.29, 0.717) is 5.56 Å². The maximum absolute atomic E-state index is 11.8. The Morgan fingerprint density at radius 1 is 1.05 bits per heavy atom. The largest absolute Gasteiger partial charge is 0.302 e. The van der Waals surface area contributed by atoms with Crippen LogP contribution in [-0.2, 0) is 10.2 Å². The van der Waals surface area contributed by atoms with Crippen molar-refractivity contribution in [2.75, 3.05) is 0 Å². The van der Waals surface area contributed by atoms with E-state index >= 15 is 0 Å². The first-order chi connectivity index (χ1) is 9.20. The summed E-state index contributed by atoms with van der Waals surface area (Å²) in [6.07, 6.45) is 0. The van der Waals surface area contributed by atoms with Gasteiger partial charge >= 0.3 is 0 Å². The number of hydrazine groups is 1. The molecule has 0 aromatic heterocycles. The molecule has 0 fully saturated rings. The van der Waals surface area contributed by atoms with Crippen LogP contribution in [0.2, 0.25) is 0 Å². The minimum atomic E-state index is -0.321. The first-order valence-electron chi connectivity index (χ1n) is 6.18. The molecule has 20 heavy (non-hydrogen) atoms. The minimum absolute atomic E-state index is 0.0419. The van der Waals surface area contributed by atoms with Crippen molar-refractivity contribution in [1.82, 2.24) is 16.2 Å². The van der Waals surface area contributed by atoms with Crippen molar-refractivity contribution in [3.05, 3.63) is 35.4 Å². The zero-order valence-electron chi connectivity index (χ0n) is 12.0. The Hall–Kier alpha value is -1.95. The monoisotopic (exact) mass is 293 g/mol. The van der Waals surface area contributed by atoms with E-state index in [4.69, 9.17) is 12.2 Å². The fraction of sp³-hybridized carbons (Fsp3) is 0.357. The Balaban J connectivity index is 2.60. The molecule has 1 aromatic rings. The zero-order valence-corrected chi connectivity index (χ0v) is 12.9. The Bertz CT molecular complexity index is 518. The van der Waals surface area contributed by atoms with E-state index in [0.717, 1.165) is 5.56 Å². The van der Waals surface area contributed by atoms with Crippen LogP contribution in [0.25, 0.3) is 0 Å². The second kappa shape index (κ2) is 6.47. The third-order valence-electron chi connectivity index (χ3n) is 2.59. The Labute approximate surface area is 124 Å². The SMILES string of the molecule is CC(=O)NC(=S)NNC(=O)c1ccc(C(C)(C)C)cc1. The van der Waals surface area contributed by atoms with Gasteiger partial charge in [0.1, 0.15) is 0 Å². The van der Waals surface area contributed by atoms with Crippen LogP contribution in [0.1, 0.15) is 43.6 Å². The van der Waals surface area contributed by atoms with Gasteiger partial charge in [-0.25, -0.2) is 0 Å². The Morgan fingerprint density at radius 2 is 1.60 bits per heavy atom.